The number of nitrogens with zero attached hydrogens (tertiary/aromatic N) is 1. The van der Waals surface area contributed by atoms with Crippen LogP contribution < -0.4 is 0 Å². The maximum Gasteiger partial charge on any atom is 0.270 e. The Hall–Kier alpha value is -2.20. The summed E-state index contributed by atoms with van der Waals surface area (Å²) in [6.07, 6.45) is 4.99. The number of carbonyl (C=O) groups excluding carboxylic acids is 2. The molecule has 0 saturated carbocycles. The number of carbonyl (C=O) groups is 2. The molecule has 1 aliphatic heterocycles. The zero-order chi connectivity index (χ0) is 15.2. The predicted molar refractivity (Wildman–Crippen MR) is 79.5 cm³/mol. The largest absolute Gasteiger partial charge is 0.372 e. The highest BCUT2D eigenvalue weighted by atomic mass is 16.3. The molecule has 4 heteroatoms. The van der Waals surface area contributed by atoms with Crippen molar-refractivity contribution < 1.29 is 14.7 Å². The summed E-state index contributed by atoms with van der Waals surface area (Å²) in [5.74, 6) is -0.923. The molecule has 0 aromatic heterocycles. The Kier molecular flexibility index (Phi) is 3.06. The summed E-state index contributed by atoms with van der Waals surface area (Å²) in [5.41, 5.74) is -0.0559. The summed E-state index contributed by atoms with van der Waals surface area (Å²) < 4.78 is 0. The van der Waals surface area contributed by atoms with Crippen LogP contribution in [-0.4, -0.2) is 28.4 Å². The van der Waals surface area contributed by atoms with E-state index >= 15 is 0 Å². The van der Waals surface area contributed by atoms with Crippen LogP contribution in [0.4, 0.5) is 0 Å². The average molecular weight is 283 g/mol. The highest BCUT2D eigenvalue weighted by molar-refractivity contribution is 6.15. The fourth-order valence-electron chi connectivity index (χ4n) is 2.96. The fraction of sp³-hybridized carbons (Fsp3) is 0.294. The average Bonchev–Trinajstić information content (AvgIpc) is 2.49. The maximum atomic E-state index is 12.7. The van der Waals surface area contributed by atoms with E-state index in [0.29, 0.717) is 35.2 Å². The first kappa shape index (κ1) is 13.8. The molecule has 4 nitrogen and oxygen atoms in total. The number of unbranched alkanes of at least 4 members (excludes halogenated alkanes) is 1. The van der Waals surface area contributed by atoms with E-state index in [1.165, 1.54) is 0 Å². The van der Waals surface area contributed by atoms with Crippen LogP contribution in [0, 0.1) is 0 Å². The second-order valence-corrected chi connectivity index (χ2v) is 5.45. The molecule has 1 aromatic carbocycles. The molecule has 21 heavy (non-hydrogen) atoms. The van der Waals surface area contributed by atoms with E-state index in [0.717, 1.165) is 11.3 Å². The summed E-state index contributed by atoms with van der Waals surface area (Å²) in [5, 5.41) is 11.0. The summed E-state index contributed by atoms with van der Waals surface area (Å²) in [6.45, 7) is 6.11. The third-order valence-corrected chi connectivity index (χ3v) is 4.15. The predicted octanol–water partition coefficient (Wildman–Crippen LogP) is 2.24. The first-order chi connectivity index (χ1) is 10.0. The summed E-state index contributed by atoms with van der Waals surface area (Å²) in [7, 11) is 0. The van der Waals surface area contributed by atoms with Gasteiger partial charge in [0.05, 0.1) is 0 Å². The van der Waals surface area contributed by atoms with Gasteiger partial charge < -0.3 is 5.11 Å². The van der Waals surface area contributed by atoms with Gasteiger partial charge in [0.1, 0.15) is 0 Å². The molecule has 2 aliphatic rings. The number of imide groups is 1. The van der Waals surface area contributed by atoms with Gasteiger partial charge in [-0.05, 0) is 23.6 Å². The Balaban J connectivity index is 2.22. The minimum Gasteiger partial charge on any atom is -0.372 e. The lowest BCUT2D eigenvalue weighted by Crippen LogP contribution is -2.56. The van der Waals surface area contributed by atoms with Crippen molar-refractivity contribution in [2.24, 2.45) is 0 Å². The van der Waals surface area contributed by atoms with E-state index in [1.807, 2.05) is 6.92 Å². The van der Waals surface area contributed by atoms with Gasteiger partial charge in [-0.15, -0.1) is 0 Å². The molecule has 0 spiro atoms. The molecule has 0 radical (unpaired) electrons. The van der Waals surface area contributed by atoms with Crippen molar-refractivity contribution in [2.45, 2.75) is 25.4 Å². The molecular weight excluding hydrogens is 266 g/mol. The minimum absolute atomic E-state index is 0.307. The van der Waals surface area contributed by atoms with Crippen LogP contribution >= 0.6 is 0 Å². The lowest BCUT2D eigenvalue weighted by atomic mass is 9.74. The van der Waals surface area contributed by atoms with Crippen molar-refractivity contribution in [3.8, 4) is 0 Å². The molecule has 0 bridgehead atoms. The topological polar surface area (TPSA) is 57.6 Å². The van der Waals surface area contributed by atoms with Gasteiger partial charge in [-0.3, -0.25) is 14.5 Å². The second kappa shape index (κ2) is 4.67. The van der Waals surface area contributed by atoms with Crippen LogP contribution in [0.1, 0.15) is 41.3 Å². The molecule has 1 aliphatic carbocycles. The molecule has 1 N–H and O–H groups in total. The maximum absolute atomic E-state index is 12.7. The van der Waals surface area contributed by atoms with Gasteiger partial charge in [0.25, 0.3) is 11.8 Å². The quantitative estimate of drug-likeness (QED) is 0.866. The Morgan fingerprint density at radius 1 is 1.29 bits per heavy atom. The number of hydrogen-bond acceptors (Lipinski definition) is 3. The normalized spacial score (nSPS) is 23.5. The van der Waals surface area contributed by atoms with Crippen LogP contribution in [0.3, 0.4) is 0 Å². The summed E-state index contributed by atoms with van der Waals surface area (Å²) in [4.78, 5) is 26.4. The molecular formula is C17H17NO3. The van der Waals surface area contributed by atoms with Gasteiger partial charge in [-0.25, -0.2) is 0 Å². The molecule has 1 aromatic rings. The van der Waals surface area contributed by atoms with E-state index in [1.54, 1.807) is 30.4 Å². The number of benzene rings is 1. The highest BCUT2D eigenvalue weighted by Gasteiger charge is 2.52. The third-order valence-electron chi connectivity index (χ3n) is 4.15. The van der Waals surface area contributed by atoms with Gasteiger partial charge in [-0.2, -0.15) is 0 Å². The van der Waals surface area contributed by atoms with Crippen molar-refractivity contribution in [3.63, 3.8) is 0 Å². The Morgan fingerprint density at radius 3 is 2.76 bits per heavy atom. The number of amides is 2. The van der Waals surface area contributed by atoms with Crippen molar-refractivity contribution in [1.29, 1.82) is 0 Å². The van der Waals surface area contributed by atoms with Crippen molar-refractivity contribution >= 4 is 17.9 Å². The lowest BCUT2D eigenvalue weighted by molar-refractivity contribution is -0.146. The molecule has 3 rings (SSSR count). The molecule has 1 atom stereocenters. The zero-order valence-corrected chi connectivity index (χ0v) is 11.9. The van der Waals surface area contributed by atoms with Crippen LogP contribution in [0.2, 0.25) is 0 Å². The summed E-state index contributed by atoms with van der Waals surface area (Å²) >= 11 is 0. The van der Waals surface area contributed by atoms with Crippen LogP contribution in [-0.2, 0) is 10.4 Å². The molecule has 1 heterocycles. The van der Waals surface area contributed by atoms with Gasteiger partial charge in [-0.1, -0.05) is 44.2 Å². The van der Waals surface area contributed by atoms with E-state index in [9.17, 15) is 14.7 Å². The molecule has 1 unspecified atom stereocenters. The standard InChI is InChI=1S/C17H17NO3/c1-3-4-10-18-15(19)13-7-5-6-12-9-8-11(2)17(21,14(12)13)16(18)20/h5-9,21H,2-4,10H2,1H3. The smallest absolute Gasteiger partial charge is 0.270 e. The number of hydrogen-bond donors (Lipinski definition) is 1. The van der Waals surface area contributed by atoms with Crippen molar-refractivity contribution in [3.05, 3.63) is 53.1 Å². The molecule has 0 fully saturated rings. The molecule has 0 saturated heterocycles. The molecule has 108 valence electrons. The number of rotatable bonds is 3. The molecule has 2 amide bonds. The second-order valence-electron chi connectivity index (χ2n) is 5.45. The van der Waals surface area contributed by atoms with E-state index in [2.05, 4.69) is 6.58 Å². The van der Waals surface area contributed by atoms with E-state index in [4.69, 9.17) is 0 Å². The Labute approximate surface area is 123 Å². The fourth-order valence-corrected chi connectivity index (χ4v) is 2.96. The monoisotopic (exact) mass is 283 g/mol. The number of aliphatic hydroxyl groups is 1. The Morgan fingerprint density at radius 2 is 2.05 bits per heavy atom. The van der Waals surface area contributed by atoms with E-state index < -0.39 is 11.5 Å². The highest BCUT2D eigenvalue weighted by Crippen LogP contribution is 2.43. The van der Waals surface area contributed by atoms with E-state index in [-0.39, 0.29) is 5.91 Å². The van der Waals surface area contributed by atoms with Gasteiger partial charge in [0.15, 0.2) is 5.60 Å². The zero-order valence-electron chi connectivity index (χ0n) is 11.9. The van der Waals surface area contributed by atoms with Crippen LogP contribution in [0.5, 0.6) is 0 Å². The first-order valence-corrected chi connectivity index (χ1v) is 7.11. The summed E-state index contributed by atoms with van der Waals surface area (Å²) in [6, 6.07) is 5.21. The third kappa shape index (κ3) is 1.72. The Bertz CT molecular complexity index is 689. The van der Waals surface area contributed by atoms with Crippen LogP contribution in [0.25, 0.3) is 6.08 Å². The van der Waals surface area contributed by atoms with Crippen LogP contribution in [0.15, 0.2) is 36.4 Å². The van der Waals surface area contributed by atoms with Gasteiger partial charge in [0.2, 0.25) is 0 Å². The van der Waals surface area contributed by atoms with Gasteiger partial charge in [0, 0.05) is 17.7 Å². The van der Waals surface area contributed by atoms with Crippen molar-refractivity contribution in [2.75, 3.05) is 6.54 Å². The first-order valence-electron chi connectivity index (χ1n) is 7.11. The van der Waals surface area contributed by atoms with Crippen molar-refractivity contribution in [1.82, 2.24) is 4.90 Å². The lowest BCUT2D eigenvalue weighted by Gasteiger charge is -2.41. The minimum atomic E-state index is -1.82. The SMILES string of the molecule is C=C1C=Cc2cccc3c2C1(O)C(=O)N(CCCC)C3=O. The van der Waals surface area contributed by atoms with Gasteiger partial charge >= 0.3 is 0 Å².